The SMILES string of the molecule is Cn1cc2cc(-c3ccc4cc(C5(O)CCSCC5)sc4n3)cnc2n1. The van der Waals surface area contributed by atoms with Crippen LogP contribution in [0.15, 0.2) is 36.7 Å². The van der Waals surface area contributed by atoms with Crippen LogP contribution in [0.2, 0.25) is 0 Å². The number of aliphatic hydroxyl groups is 1. The fraction of sp³-hybridized carbons (Fsp3) is 0.316. The molecule has 5 nitrogen and oxygen atoms in total. The predicted octanol–water partition coefficient (Wildman–Crippen LogP) is 3.96. The van der Waals surface area contributed by atoms with E-state index in [9.17, 15) is 5.11 Å². The molecule has 0 spiro atoms. The van der Waals surface area contributed by atoms with E-state index >= 15 is 0 Å². The zero-order chi connectivity index (χ0) is 17.7. The highest BCUT2D eigenvalue weighted by Gasteiger charge is 2.33. The predicted molar refractivity (Wildman–Crippen MR) is 108 cm³/mol. The van der Waals surface area contributed by atoms with Gasteiger partial charge in [-0.1, -0.05) is 0 Å². The lowest BCUT2D eigenvalue weighted by atomic mass is 9.95. The summed E-state index contributed by atoms with van der Waals surface area (Å²) in [7, 11) is 1.90. The molecule has 0 bridgehead atoms. The van der Waals surface area contributed by atoms with E-state index in [4.69, 9.17) is 4.98 Å². The third kappa shape index (κ3) is 2.71. The maximum absolute atomic E-state index is 11.0. The fourth-order valence-corrected chi connectivity index (χ4v) is 5.78. The Labute approximate surface area is 159 Å². The van der Waals surface area contributed by atoms with Crippen molar-refractivity contribution in [3.63, 3.8) is 0 Å². The molecule has 0 saturated carbocycles. The van der Waals surface area contributed by atoms with Crippen molar-refractivity contribution in [3.8, 4) is 11.3 Å². The molecule has 1 aliphatic heterocycles. The lowest BCUT2D eigenvalue weighted by molar-refractivity contribution is 0.0319. The van der Waals surface area contributed by atoms with Gasteiger partial charge in [-0.3, -0.25) is 4.68 Å². The number of rotatable bonds is 2. The Kier molecular flexibility index (Phi) is 3.77. The number of nitrogens with zero attached hydrogens (tertiary/aromatic N) is 4. The van der Waals surface area contributed by atoms with Gasteiger partial charge in [0.05, 0.1) is 5.69 Å². The van der Waals surface area contributed by atoms with Gasteiger partial charge in [0.25, 0.3) is 0 Å². The number of thioether (sulfide) groups is 1. The summed E-state index contributed by atoms with van der Waals surface area (Å²) in [5, 5.41) is 17.4. The van der Waals surface area contributed by atoms with Gasteiger partial charge in [0.1, 0.15) is 10.4 Å². The summed E-state index contributed by atoms with van der Waals surface area (Å²) in [5.41, 5.74) is 1.94. The first kappa shape index (κ1) is 16.2. The van der Waals surface area contributed by atoms with E-state index in [1.807, 2.05) is 37.3 Å². The molecule has 1 N–H and O–H groups in total. The largest absolute Gasteiger partial charge is 0.384 e. The number of hydrogen-bond acceptors (Lipinski definition) is 6. The Hall–Kier alpha value is -1.96. The molecule has 7 heteroatoms. The number of aromatic nitrogens is 4. The lowest BCUT2D eigenvalue weighted by Crippen LogP contribution is -2.29. The fourth-order valence-electron chi connectivity index (χ4n) is 3.44. The first-order valence-corrected chi connectivity index (χ1v) is 10.6. The van der Waals surface area contributed by atoms with Gasteiger partial charge in [0, 0.05) is 40.7 Å². The van der Waals surface area contributed by atoms with Crippen molar-refractivity contribution in [2.75, 3.05) is 11.5 Å². The van der Waals surface area contributed by atoms with E-state index in [1.54, 1.807) is 16.0 Å². The second-order valence-electron chi connectivity index (χ2n) is 6.79. The number of fused-ring (bicyclic) bond motifs is 2. The second-order valence-corrected chi connectivity index (χ2v) is 9.04. The van der Waals surface area contributed by atoms with Crippen molar-refractivity contribution in [3.05, 3.63) is 41.5 Å². The van der Waals surface area contributed by atoms with Gasteiger partial charge >= 0.3 is 0 Å². The molecule has 5 heterocycles. The Morgan fingerprint density at radius 3 is 2.85 bits per heavy atom. The van der Waals surface area contributed by atoms with Crippen molar-refractivity contribution in [1.82, 2.24) is 19.7 Å². The topological polar surface area (TPSA) is 63.8 Å². The monoisotopic (exact) mass is 382 g/mol. The first-order chi connectivity index (χ1) is 12.6. The molecule has 0 atom stereocenters. The van der Waals surface area contributed by atoms with Crippen LogP contribution in [0.1, 0.15) is 17.7 Å². The highest BCUT2D eigenvalue weighted by molar-refractivity contribution is 7.99. The van der Waals surface area contributed by atoms with Crippen molar-refractivity contribution in [2.45, 2.75) is 18.4 Å². The summed E-state index contributed by atoms with van der Waals surface area (Å²) in [6.07, 6.45) is 5.42. The summed E-state index contributed by atoms with van der Waals surface area (Å²) in [5.74, 6) is 2.03. The van der Waals surface area contributed by atoms with Crippen LogP contribution >= 0.6 is 23.1 Å². The van der Waals surface area contributed by atoms with Crippen LogP contribution in [-0.2, 0) is 12.6 Å². The Bertz CT molecular complexity index is 1110. The zero-order valence-corrected chi connectivity index (χ0v) is 16.0. The van der Waals surface area contributed by atoms with Crippen molar-refractivity contribution in [2.24, 2.45) is 7.05 Å². The molecular weight excluding hydrogens is 364 g/mol. The van der Waals surface area contributed by atoms with Crippen LogP contribution in [0, 0.1) is 0 Å². The maximum Gasteiger partial charge on any atom is 0.181 e. The normalized spacial score (nSPS) is 17.2. The minimum Gasteiger partial charge on any atom is -0.384 e. The third-order valence-corrected chi connectivity index (χ3v) is 7.15. The Morgan fingerprint density at radius 1 is 1.15 bits per heavy atom. The molecule has 4 aromatic heterocycles. The number of aryl methyl sites for hydroxylation is 1. The molecule has 0 radical (unpaired) electrons. The number of thiophene rings is 1. The number of hydrogen-bond donors (Lipinski definition) is 1. The molecule has 4 aromatic rings. The van der Waals surface area contributed by atoms with Crippen LogP contribution < -0.4 is 0 Å². The minimum atomic E-state index is -0.688. The average molecular weight is 383 g/mol. The van der Waals surface area contributed by atoms with Crippen molar-refractivity contribution >= 4 is 44.3 Å². The van der Waals surface area contributed by atoms with Gasteiger partial charge in [-0.05, 0) is 48.6 Å². The molecule has 0 aliphatic carbocycles. The Morgan fingerprint density at radius 2 is 2.00 bits per heavy atom. The van der Waals surface area contributed by atoms with E-state index in [2.05, 4.69) is 28.3 Å². The molecular formula is C19H18N4OS2. The maximum atomic E-state index is 11.0. The van der Waals surface area contributed by atoms with E-state index in [0.717, 1.165) is 61.7 Å². The molecule has 0 amide bonds. The van der Waals surface area contributed by atoms with E-state index < -0.39 is 5.60 Å². The summed E-state index contributed by atoms with van der Waals surface area (Å²) in [6, 6.07) is 8.30. The standard InChI is InChI=1S/C19H18N4OS2/c1-23-11-14-8-13(10-20-17(14)22-23)15-3-2-12-9-16(26-18(12)21-15)19(24)4-6-25-7-5-19/h2-3,8-11,24H,4-7H2,1H3. The van der Waals surface area contributed by atoms with Crippen LogP contribution in [0.25, 0.3) is 32.5 Å². The zero-order valence-electron chi connectivity index (χ0n) is 14.3. The van der Waals surface area contributed by atoms with Crippen LogP contribution in [0.4, 0.5) is 0 Å². The average Bonchev–Trinajstić information content (AvgIpc) is 3.23. The van der Waals surface area contributed by atoms with Crippen LogP contribution in [0.5, 0.6) is 0 Å². The van der Waals surface area contributed by atoms with Gasteiger partial charge in [-0.2, -0.15) is 16.9 Å². The minimum absolute atomic E-state index is 0.688. The van der Waals surface area contributed by atoms with Gasteiger partial charge in [-0.15, -0.1) is 11.3 Å². The third-order valence-electron chi connectivity index (χ3n) is 4.93. The first-order valence-electron chi connectivity index (χ1n) is 8.62. The van der Waals surface area contributed by atoms with E-state index in [-0.39, 0.29) is 0 Å². The lowest BCUT2D eigenvalue weighted by Gasteiger charge is -2.30. The molecule has 1 saturated heterocycles. The second kappa shape index (κ2) is 6.04. The smallest absolute Gasteiger partial charge is 0.181 e. The van der Waals surface area contributed by atoms with Crippen molar-refractivity contribution < 1.29 is 5.11 Å². The summed E-state index contributed by atoms with van der Waals surface area (Å²) in [6.45, 7) is 0. The highest BCUT2D eigenvalue weighted by Crippen LogP contribution is 2.41. The van der Waals surface area contributed by atoms with Gasteiger partial charge in [0.2, 0.25) is 0 Å². The quantitative estimate of drug-likeness (QED) is 0.568. The molecule has 1 aliphatic rings. The molecule has 132 valence electrons. The van der Waals surface area contributed by atoms with Gasteiger partial charge in [-0.25, -0.2) is 9.97 Å². The summed E-state index contributed by atoms with van der Waals surface area (Å²) < 4.78 is 1.77. The Balaban J connectivity index is 1.56. The van der Waals surface area contributed by atoms with Gasteiger partial charge < -0.3 is 5.11 Å². The van der Waals surface area contributed by atoms with E-state index in [0.29, 0.717) is 0 Å². The number of pyridine rings is 2. The molecule has 0 unspecified atom stereocenters. The molecule has 5 rings (SSSR count). The van der Waals surface area contributed by atoms with Crippen molar-refractivity contribution in [1.29, 1.82) is 0 Å². The van der Waals surface area contributed by atoms with Gasteiger partial charge in [0.15, 0.2) is 5.65 Å². The summed E-state index contributed by atoms with van der Waals surface area (Å²) >= 11 is 3.53. The summed E-state index contributed by atoms with van der Waals surface area (Å²) in [4.78, 5) is 11.3. The molecule has 1 fully saturated rings. The molecule has 0 aromatic carbocycles. The molecule has 26 heavy (non-hydrogen) atoms. The van der Waals surface area contributed by atoms with Crippen LogP contribution in [-0.4, -0.2) is 36.4 Å². The van der Waals surface area contributed by atoms with E-state index in [1.165, 1.54) is 0 Å². The van der Waals surface area contributed by atoms with Crippen LogP contribution in [0.3, 0.4) is 0 Å². The highest BCUT2D eigenvalue weighted by atomic mass is 32.2.